The van der Waals surface area contributed by atoms with Crippen LogP contribution in [0.1, 0.15) is 341 Å². The number of carbonyl (C=O) groups excluding carboxylic acids is 1. The van der Waals surface area contributed by atoms with E-state index < -0.39 is 20.0 Å². The van der Waals surface area contributed by atoms with Crippen LogP contribution >= 0.6 is 7.82 Å². The van der Waals surface area contributed by atoms with Gasteiger partial charge in [0.25, 0.3) is 0 Å². The van der Waals surface area contributed by atoms with Crippen molar-refractivity contribution in [3.05, 3.63) is 12.2 Å². The summed E-state index contributed by atoms with van der Waals surface area (Å²) in [4.78, 5) is 22.9. The zero-order chi connectivity index (χ0) is 51.0. The number of allylic oxidation sites excluding steroid dienone is 1. The number of phosphoric ester groups is 1. The molecule has 0 rings (SSSR count). The van der Waals surface area contributed by atoms with Gasteiger partial charge in [-0.25, -0.2) is 4.57 Å². The molecule has 3 atom stereocenters. The van der Waals surface area contributed by atoms with Crippen molar-refractivity contribution >= 4 is 13.7 Å². The largest absolute Gasteiger partial charge is 0.472 e. The Balaban J connectivity index is 3.81. The number of nitrogens with two attached hydrogens (primary N) is 1. The Labute approximate surface area is 436 Å². The second kappa shape index (κ2) is 57.5. The lowest BCUT2D eigenvalue weighted by atomic mass is 10.0. The Bertz CT molecular complexity index is 1110. The number of phosphoric acid groups is 1. The summed E-state index contributed by atoms with van der Waals surface area (Å²) in [6.07, 6.45) is 70.4. The number of unbranched alkanes of at least 4 members (excludes halogenated alkanes) is 48. The third kappa shape index (κ3) is 55.0. The zero-order valence-corrected chi connectivity index (χ0v) is 47.9. The van der Waals surface area contributed by atoms with Gasteiger partial charge in [0.1, 0.15) is 0 Å². The molecule has 0 aliphatic rings. The van der Waals surface area contributed by atoms with Crippen LogP contribution in [0, 0.1) is 0 Å². The van der Waals surface area contributed by atoms with Crippen LogP contribution in [0.15, 0.2) is 12.2 Å². The van der Waals surface area contributed by atoms with Crippen molar-refractivity contribution in [3.8, 4) is 0 Å². The van der Waals surface area contributed by atoms with Gasteiger partial charge in [-0.1, -0.05) is 328 Å². The van der Waals surface area contributed by atoms with E-state index in [-0.39, 0.29) is 25.7 Å². The van der Waals surface area contributed by atoms with E-state index in [0.29, 0.717) is 6.42 Å². The van der Waals surface area contributed by atoms with E-state index in [1.54, 1.807) is 6.08 Å². The summed E-state index contributed by atoms with van der Waals surface area (Å²) in [5.41, 5.74) is 5.41. The SMILES string of the molecule is CCCCCCCCCCCCCCCCC/C=C/[C@@H](O)[C@H](COP(=O)(O)OCCN)NC(=O)CCCCCCCCCCCCCCCCCCCCCCCCCCCCCCCCCCCC. The van der Waals surface area contributed by atoms with Crippen molar-refractivity contribution in [1.29, 1.82) is 0 Å². The van der Waals surface area contributed by atoms with Crippen LogP contribution in [0.25, 0.3) is 0 Å². The summed E-state index contributed by atoms with van der Waals surface area (Å²) < 4.78 is 22.3. The molecule has 0 saturated heterocycles. The second-order valence-electron chi connectivity index (χ2n) is 21.6. The van der Waals surface area contributed by atoms with Gasteiger partial charge in [0.2, 0.25) is 5.91 Å². The van der Waals surface area contributed by atoms with E-state index in [1.165, 1.54) is 283 Å². The predicted molar refractivity (Wildman–Crippen MR) is 305 cm³/mol. The molecule has 0 aliphatic heterocycles. The molecule has 0 saturated carbocycles. The van der Waals surface area contributed by atoms with Crippen LogP contribution in [-0.2, 0) is 18.4 Å². The number of carbonyl (C=O) groups is 1. The molecule has 70 heavy (non-hydrogen) atoms. The molecule has 0 aromatic rings. The fourth-order valence-electron chi connectivity index (χ4n) is 9.90. The minimum Gasteiger partial charge on any atom is -0.387 e. The highest BCUT2D eigenvalue weighted by atomic mass is 31.2. The summed E-state index contributed by atoms with van der Waals surface area (Å²) in [5.74, 6) is -0.185. The minimum absolute atomic E-state index is 0.0818. The van der Waals surface area contributed by atoms with E-state index in [2.05, 4.69) is 19.2 Å². The number of aliphatic hydroxyl groups is 1. The van der Waals surface area contributed by atoms with E-state index >= 15 is 0 Å². The monoisotopic (exact) mass is 1010 g/mol. The van der Waals surface area contributed by atoms with Crippen LogP contribution in [0.4, 0.5) is 0 Å². The number of hydrogen-bond acceptors (Lipinski definition) is 6. The molecule has 5 N–H and O–H groups in total. The van der Waals surface area contributed by atoms with Crippen LogP contribution in [-0.4, -0.2) is 47.8 Å². The van der Waals surface area contributed by atoms with Gasteiger partial charge in [-0.3, -0.25) is 13.8 Å². The zero-order valence-electron chi connectivity index (χ0n) is 47.0. The van der Waals surface area contributed by atoms with Gasteiger partial charge >= 0.3 is 7.82 Å². The Kier molecular flexibility index (Phi) is 56.9. The van der Waals surface area contributed by atoms with Gasteiger partial charge in [0.05, 0.1) is 25.4 Å². The first kappa shape index (κ1) is 69.2. The first-order valence-corrected chi connectivity index (χ1v) is 32.8. The van der Waals surface area contributed by atoms with Crippen molar-refractivity contribution in [2.75, 3.05) is 19.8 Å². The maximum Gasteiger partial charge on any atom is 0.472 e. The van der Waals surface area contributed by atoms with Crippen molar-refractivity contribution in [1.82, 2.24) is 5.32 Å². The molecule has 0 aliphatic carbocycles. The predicted octanol–water partition coefficient (Wildman–Crippen LogP) is 19.4. The normalized spacial score (nSPS) is 13.6. The lowest BCUT2D eigenvalue weighted by Crippen LogP contribution is -2.45. The number of rotatable bonds is 60. The first-order valence-electron chi connectivity index (χ1n) is 31.3. The molecule has 1 amide bonds. The molecule has 0 bridgehead atoms. The van der Waals surface area contributed by atoms with Crippen molar-refractivity contribution in [2.24, 2.45) is 5.73 Å². The molecule has 0 aromatic heterocycles. The summed E-state index contributed by atoms with van der Waals surface area (Å²) in [7, 11) is -4.34. The standard InChI is InChI=1S/C61H123N2O6P/c1-3-5-7-9-11-13-15-17-19-21-22-23-24-25-26-27-28-29-30-31-32-33-34-35-36-37-39-41-43-45-47-49-51-53-55-61(65)63-59(58-69-70(66,67)68-57-56-62)60(64)54-52-50-48-46-44-42-40-38-20-18-16-14-12-10-8-6-4-2/h52,54,59-60,64H,3-51,53,55-58,62H2,1-2H3,(H,63,65)(H,66,67)/b54-52+/t59-,60+/m0/s1. The lowest BCUT2D eigenvalue weighted by molar-refractivity contribution is -0.123. The number of amides is 1. The molecule has 9 heteroatoms. The van der Waals surface area contributed by atoms with Gasteiger partial charge in [-0.2, -0.15) is 0 Å². The Morgan fingerprint density at radius 1 is 0.457 bits per heavy atom. The van der Waals surface area contributed by atoms with Gasteiger partial charge < -0.3 is 21.1 Å². The van der Waals surface area contributed by atoms with Crippen LogP contribution in [0.3, 0.4) is 0 Å². The maximum atomic E-state index is 12.9. The van der Waals surface area contributed by atoms with Crippen molar-refractivity contribution < 1.29 is 28.4 Å². The Morgan fingerprint density at radius 2 is 0.729 bits per heavy atom. The topological polar surface area (TPSA) is 131 Å². The molecule has 0 spiro atoms. The van der Waals surface area contributed by atoms with E-state index in [9.17, 15) is 19.4 Å². The molecule has 0 aromatic carbocycles. The Hall–Kier alpha value is -0.760. The molecule has 0 fully saturated rings. The fourth-order valence-corrected chi connectivity index (χ4v) is 10.7. The van der Waals surface area contributed by atoms with Gasteiger partial charge in [-0.05, 0) is 19.3 Å². The average Bonchev–Trinajstić information content (AvgIpc) is 3.35. The first-order chi connectivity index (χ1) is 34.4. The molecule has 1 unspecified atom stereocenters. The molecule has 0 radical (unpaired) electrons. The number of aliphatic hydroxyl groups excluding tert-OH is 1. The molecular formula is C61H123N2O6P. The summed E-state index contributed by atoms with van der Waals surface area (Å²) in [6.45, 7) is 4.20. The lowest BCUT2D eigenvalue weighted by Gasteiger charge is -2.23. The van der Waals surface area contributed by atoms with E-state index in [0.717, 1.165) is 38.5 Å². The highest BCUT2D eigenvalue weighted by Gasteiger charge is 2.27. The maximum absolute atomic E-state index is 12.9. The summed E-state index contributed by atoms with van der Waals surface area (Å²) >= 11 is 0. The number of hydrogen-bond donors (Lipinski definition) is 4. The highest BCUT2D eigenvalue weighted by Crippen LogP contribution is 2.43. The molecule has 0 heterocycles. The van der Waals surface area contributed by atoms with Crippen molar-refractivity contribution in [3.63, 3.8) is 0 Å². The van der Waals surface area contributed by atoms with Gasteiger partial charge in [-0.15, -0.1) is 0 Å². The summed E-state index contributed by atoms with van der Waals surface area (Å²) in [5, 5.41) is 13.8. The third-order valence-corrected chi connectivity index (χ3v) is 15.6. The third-order valence-electron chi connectivity index (χ3n) is 14.6. The Morgan fingerprint density at radius 3 is 1.01 bits per heavy atom. The molecular weight excluding hydrogens is 888 g/mol. The van der Waals surface area contributed by atoms with Crippen LogP contribution in [0.5, 0.6) is 0 Å². The van der Waals surface area contributed by atoms with E-state index in [4.69, 9.17) is 14.8 Å². The van der Waals surface area contributed by atoms with Gasteiger partial charge in [0.15, 0.2) is 0 Å². The minimum atomic E-state index is -4.34. The average molecular weight is 1010 g/mol. The molecule has 8 nitrogen and oxygen atoms in total. The van der Waals surface area contributed by atoms with Crippen LogP contribution in [0.2, 0.25) is 0 Å². The quantitative estimate of drug-likeness (QED) is 0.0271. The van der Waals surface area contributed by atoms with Crippen LogP contribution < -0.4 is 11.1 Å². The number of nitrogens with one attached hydrogen (secondary N) is 1. The van der Waals surface area contributed by atoms with Gasteiger partial charge in [0, 0.05) is 13.0 Å². The fraction of sp³-hybridized carbons (Fsp3) is 0.951. The highest BCUT2D eigenvalue weighted by molar-refractivity contribution is 7.47. The van der Waals surface area contributed by atoms with E-state index in [1.807, 2.05) is 6.08 Å². The second-order valence-corrected chi connectivity index (χ2v) is 23.1. The smallest absolute Gasteiger partial charge is 0.387 e. The summed E-state index contributed by atoms with van der Waals surface area (Å²) in [6, 6.07) is -0.857. The van der Waals surface area contributed by atoms with Crippen molar-refractivity contribution in [2.45, 2.75) is 353 Å². The molecule has 418 valence electrons.